The molecule has 0 unspecified atom stereocenters. The van der Waals surface area contributed by atoms with Crippen LogP contribution in [0.5, 0.6) is 0 Å². The number of esters is 1. The standard InChI is InChI=1S/C25H39N3O5/c1-16-7-22(2,3)14-25(8-16)20(31)27(21(32)26-25)11-19(30)33-12-18(29)28-15-24(6)10-17(28)9-23(4,5)13-24/h16-17H,7-15H2,1-6H3,(H,26,32)/t16-,17+,24+,25-/m1/s1. The van der Waals surface area contributed by atoms with E-state index >= 15 is 0 Å². The molecule has 2 aliphatic carbocycles. The SMILES string of the molecule is C[C@@H]1CC(C)(C)C[C@@]2(C1)NC(=O)N(CC(=O)OCC(=O)N1C[C@@]3(C)C[C@@H]1CC(C)(C)C3)C2=O. The number of amides is 4. The number of nitrogens with zero attached hydrogens (tertiary/aromatic N) is 2. The van der Waals surface area contributed by atoms with Crippen LogP contribution in [-0.2, 0) is 19.1 Å². The Hall–Kier alpha value is -2.12. The Morgan fingerprint density at radius 3 is 2.33 bits per heavy atom. The molecule has 4 amide bonds. The van der Waals surface area contributed by atoms with Crippen molar-refractivity contribution < 1.29 is 23.9 Å². The molecule has 4 rings (SSSR count). The van der Waals surface area contributed by atoms with Gasteiger partial charge >= 0.3 is 12.0 Å². The Balaban J connectivity index is 1.34. The Kier molecular flexibility index (Phi) is 5.61. The Morgan fingerprint density at radius 2 is 1.67 bits per heavy atom. The van der Waals surface area contributed by atoms with Gasteiger partial charge in [-0.15, -0.1) is 0 Å². The van der Waals surface area contributed by atoms with Crippen molar-refractivity contribution in [3.05, 3.63) is 0 Å². The number of fused-ring (bicyclic) bond motifs is 2. The number of nitrogens with one attached hydrogen (secondary N) is 1. The third kappa shape index (κ3) is 4.62. The number of carbonyl (C=O) groups excluding carboxylic acids is 4. The molecule has 8 nitrogen and oxygen atoms in total. The van der Waals surface area contributed by atoms with Crippen molar-refractivity contribution in [2.45, 2.75) is 91.6 Å². The summed E-state index contributed by atoms with van der Waals surface area (Å²) in [4.78, 5) is 53.9. The van der Waals surface area contributed by atoms with Crippen molar-refractivity contribution in [2.24, 2.45) is 22.2 Å². The van der Waals surface area contributed by atoms with Crippen LogP contribution in [0.3, 0.4) is 0 Å². The number of urea groups is 1. The van der Waals surface area contributed by atoms with Crippen LogP contribution >= 0.6 is 0 Å². The number of imide groups is 1. The maximum Gasteiger partial charge on any atom is 0.326 e. The van der Waals surface area contributed by atoms with Gasteiger partial charge < -0.3 is 15.0 Å². The smallest absolute Gasteiger partial charge is 0.326 e. The third-order valence-electron chi connectivity index (χ3n) is 8.00. The second-order valence-corrected chi connectivity index (χ2v) is 13.2. The lowest BCUT2D eigenvalue weighted by Crippen LogP contribution is -2.54. The van der Waals surface area contributed by atoms with Crippen LogP contribution in [0.15, 0.2) is 0 Å². The summed E-state index contributed by atoms with van der Waals surface area (Å²) in [5.41, 5.74) is -0.744. The average molecular weight is 462 g/mol. The van der Waals surface area contributed by atoms with E-state index in [-0.39, 0.29) is 46.6 Å². The number of rotatable bonds is 4. The van der Waals surface area contributed by atoms with E-state index in [2.05, 4.69) is 46.9 Å². The van der Waals surface area contributed by atoms with E-state index in [1.54, 1.807) is 0 Å². The van der Waals surface area contributed by atoms with E-state index in [4.69, 9.17) is 4.74 Å². The van der Waals surface area contributed by atoms with Crippen molar-refractivity contribution in [2.75, 3.05) is 19.7 Å². The first-order valence-electron chi connectivity index (χ1n) is 12.2. The molecule has 0 aromatic heterocycles. The molecule has 4 fully saturated rings. The van der Waals surface area contributed by atoms with Crippen LogP contribution in [0.4, 0.5) is 4.79 Å². The summed E-state index contributed by atoms with van der Waals surface area (Å²) in [5, 5.41) is 2.86. The van der Waals surface area contributed by atoms with Crippen LogP contribution in [0.2, 0.25) is 0 Å². The van der Waals surface area contributed by atoms with Crippen molar-refractivity contribution >= 4 is 23.8 Å². The fraction of sp³-hybridized carbons (Fsp3) is 0.840. The van der Waals surface area contributed by atoms with Crippen LogP contribution in [-0.4, -0.2) is 64.9 Å². The Morgan fingerprint density at radius 1 is 1.00 bits per heavy atom. The summed E-state index contributed by atoms with van der Waals surface area (Å²) >= 11 is 0. The van der Waals surface area contributed by atoms with Gasteiger partial charge in [-0.05, 0) is 60.7 Å². The lowest BCUT2D eigenvalue weighted by atomic mass is 9.64. The zero-order chi connectivity index (χ0) is 24.4. The van der Waals surface area contributed by atoms with Crippen LogP contribution in [0, 0.1) is 22.2 Å². The molecule has 2 aliphatic heterocycles. The van der Waals surface area contributed by atoms with Gasteiger partial charge in [0, 0.05) is 12.6 Å². The number of likely N-dealkylation sites (tertiary alicyclic amines) is 1. The minimum absolute atomic E-state index is 0.0808. The van der Waals surface area contributed by atoms with Gasteiger partial charge in [0.1, 0.15) is 12.1 Å². The zero-order valence-corrected chi connectivity index (χ0v) is 21.0. The number of hydrogen-bond donors (Lipinski definition) is 1. The summed E-state index contributed by atoms with van der Waals surface area (Å²) < 4.78 is 5.24. The minimum Gasteiger partial charge on any atom is -0.454 e. The molecule has 184 valence electrons. The van der Waals surface area contributed by atoms with Crippen LogP contribution < -0.4 is 5.32 Å². The molecule has 33 heavy (non-hydrogen) atoms. The normalized spacial score (nSPS) is 36.8. The molecule has 8 heteroatoms. The molecule has 2 saturated heterocycles. The predicted octanol–water partition coefficient (Wildman–Crippen LogP) is 3.09. The molecule has 2 bridgehead atoms. The summed E-state index contributed by atoms with van der Waals surface area (Å²) in [6.07, 6.45) is 5.09. The predicted molar refractivity (Wildman–Crippen MR) is 122 cm³/mol. The van der Waals surface area contributed by atoms with Gasteiger partial charge in [-0.25, -0.2) is 4.79 Å². The average Bonchev–Trinajstić information content (AvgIpc) is 3.01. The number of carbonyl (C=O) groups is 4. The highest BCUT2D eigenvalue weighted by molar-refractivity contribution is 6.08. The number of hydrogen-bond acceptors (Lipinski definition) is 5. The van der Waals surface area contributed by atoms with E-state index in [1.807, 2.05) is 4.90 Å². The summed E-state index contributed by atoms with van der Waals surface area (Å²) in [7, 11) is 0. The zero-order valence-electron chi connectivity index (χ0n) is 21.0. The summed E-state index contributed by atoms with van der Waals surface area (Å²) in [6.45, 7) is 12.8. The first-order chi connectivity index (χ1) is 15.1. The fourth-order valence-corrected chi connectivity index (χ4v) is 7.80. The summed E-state index contributed by atoms with van der Waals surface area (Å²) in [5.74, 6) is -1.01. The highest BCUT2D eigenvalue weighted by atomic mass is 16.5. The highest BCUT2D eigenvalue weighted by Gasteiger charge is 2.56. The fourth-order valence-electron chi connectivity index (χ4n) is 7.80. The van der Waals surface area contributed by atoms with Gasteiger partial charge in [0.05, 0.1) is 0 Å². The lowest BCUT2D eigenvalue weighted by molar-refractivity contribution is -0.154. The van der Waals surface area contributed by atoms with Crippen molar-refractivity contribution in [1.82, 2.24) is 15.1 Å². The van der Waals surface area contributed by atoms with Gasteiger partial charge in [0.2, 0.25) is 0 Å². The number of ether oxygens (including phenoxy) is 1. The second kappa shape index (κ2) is 7.70. The van der Waals surface area contributed by atoms with E-state index in [0.29, 0.717) is 19.4 Å². The first kappa shape index (κ1) is 24.0. The molecule has 2 heterocycles. The first-order valence-corrected chi connectivity index (χ1v) is 12.2. The molecule has 1 N–H and O–H groups in total. The maximum absolute atomic E-state index is 13.2. The quantitative estimate of drug-likeness (QED) is 0.513. The van der Waals surface area contributed by atoms with E-state index in [9.17, 15) is 19.2 Å². The van der Waals surface area contributed by atoms with Gasteiger partial charge in [0.25, 0.3) is 11.8 Å². The molecule has 2 saturated carbocycles. The van der Waals surface area contributed by atoms with Crippen molar-refractivity contribution in [1.29, 1.82) is 0 Å². The molecule has 1 spiro atoms. The molecular formula is C25H39N3O5. The largest absolute Gasteiger partial charge is 0.454 e. The molecule has 4 aliphatic rings. The molecule has 4 atom stereocenters. The van der Waals surface area contributed by atoms with Crippen LogP contribution in [0.25, 0.3) is 0 Å². The monoisotopic (exact) mass is 461 g/mol. The Bertz CT molecular complexity index is 883. The Labute approximate surface area is 196 Å². The lowest BCUT2D eigenvalue weighted by Gasteiger charge is -2.43. The van der Waals surface area contributed by atoms with E-state index in [1.165, 1.54) is 0 Å². The molecule has 0 radical (unpaired) electrons. The molecule has 0 aromatic carbocycles. The minimum atomic E-state index is -0.955. The van der Waals surface area contributed by atoms with Gasteiger partial charge in [0.15, 0.2) is 6.61 Å². The topological polar surface area (TPSA) is 96.0 Å². The second-order valence-electron chi connectivity index (χ2n) is 13.2. The summed E-state index contributed by atoms with van der Waals surface area (Å²) in [6, 6.07) is -0.385. The van der Waals surface area contributed by atoms with Crippen molar-refractivity contribution in [3.8, 4) is 0 Å². The van der Waals surface area contributed by atoms with Crippen LogP contribution in [0.1, 0.15) is 80.1 Å². The van der Waals surface area contributed by atoms with Crippen molar-refractivity contribution in [3.63, 3.8) is 0 Å². The third-order valence-corrected chi connectivity index (χ3v) is 8.00. The van der Waals surface area contributed by atoms with Gasteiger partial charge in [-0.2, -0.15) is 0 Å². The van der Waals surface area contributed by atoms with Gasteiger partial charge in [-0.3, -0.25) is 19.3 Å². The van der Waals surface area contributed by atoms with E-state index in [0.717, 1.165) is 30.6 Å². The highest BCUT2D eigenvalue weighted by Crippen LogP contribution is 2.52. The maximum atomic E-state index is 13.2. The molecule has 0 aromatic rings. The molecular weight excluding hydrogens is 422 g/mol. The van der Waals surface area contributed by atoms with Gasteiger partial charge in [-0.1, -0.05) is 41.5 Å². The van der Waals surface area contributed by atoms with E-state index < -0.39 is 24.1 Å².